The Hall–Kier alpha value is -0.830. The third-order valence-corrected chi connectivity index (χ3v) is 3.20. The van der Waals surface area contributed by atoms with Gasteiger partial charge in [-0.15, -0.1) is 0 Å². The van der Waals surface area contributed by atoms with Gasteiger partial charge in [-0.25, -0.2) is 4.98 Å². The van der Waals surface area contributed by atoms with Crippen molar-refractivity contribution < 1.29 is 0 Å². The minimum Gasteiger partial charge on any atom is -0.335 e. The fraction of sp³-hybridized carbons (Fsp3) is 0.800. The number of nitrogens with zero attached hydrogens (tertiary/aromatic N) is 2. The van der Waals surface area contributed by atoms with Crippen LogP contribution in [0.3, 0.4) is 0 Å². The van der Waals surface area contributed by atoms with Crippen LogP contribution >= 0.6 is 0 Å². The van der Waals surface area contributed by atoms with Crippen LogP contribution < -0.4 is 5.32 Å². The number of rotatable bonds is 11. The summed E-state index contributed by atoms with van der Waals surface area (Å²) in [4.78, 5) is 4.41. The fourth-order valence-corrected chi connectivity index (χ4v) is 2.18. The van der Waals surface area contributed by atoms with Crippen LogP contribution in [0.1, 0.15) is 58.2 Å². The van der Waals surface area contributed by atoms with Crippen LogP contribution in [0.4, 0.5) is 0 Å². The lowest BCUT2D eigenvalue weighted by Gasteiger charge is -2.07. The standard InChI is InChI=1S/C15H29N3/c1-3-9-15-17-12-14-18(15)13-8-6-5-7-11-16-10-4-2/h12,14,16H,3-11,13H2,1-2H3. The van der Waals surface area contributed by atoms with Gasteiger partial charge in [-0.05, 0) is 38.8 Å². The molecule has 0 bridgehead atoms. The summed E-state index contributed by atoms with van der Waals surface area (Å²) in [5.41, 5.74) is 0. The van der Waals surface area contributed by atoms with Crippen molar-refractivity contribution >= 4 is 0 Å². The maximum Gasteiger partial charge on any atom is 0.108 e. The maximum atomic E-state index is 4.41. The molecule has 0 radical (unpaired) electrons. The molecule has 0 amide bonds. The lowest BCUT2D eigenvalue weighted by atomic mass is 10.2. The number of nitrogens with one attached hydrogen (secondary N) is 1. The molecule has 0 aliphatic rings. The molecule has 1 rings (SSSR count). The van der Waals surface area contributed by atoms with E-state index >= 15 is 0 Å². The molecule has 3 heteroatoms. The second-order valence-electron chi connectivity index (χ2n) is 4.95. The van der Waals surface area contributed by atoms with Crippen molar-refractivity contribution in [1.82, 2.24) is 14.9 Å². The molecule has 1 aromatic rings. The van der Waals surface area contributed by atoms with Gasteiger partial charge in [-0.1, -0.05) is 26.7 Å². The summed E-state index contributed by atoms with van der Waals surface area (Å²) in [5, 5.41) is 3.45. The Morgan fingerprint density at radius 1 is 1.06 bits per heavy atom. The van der Waals surface area contributed by atoms with Gasteiger partial charge < -0.3 is 9.88 Å². The van der Waals surface area contributed by atoms with Crippen LogP contribution in [0.2, 0.25) is 0 Å². The predicted octanol–water partition coefficient (Wildman–Crippen LogP) is 3.40. The lowest BCUT2D eigenvalue weighted by Crippen LogP contribution is -2.15. The SMILES string of the molecule is CCCNCCCCCCn1ccnc1CCC. The van der Waals surface area contributed by atoms with Crippen LogP contribution in [0.15, 0.2) is 12.4 Å². The Balaban J connectivity index is 2.01. The second-order valence-corrected chi connectivity index (χ2v) is 4.95. The van der Waals surface area contributed by atoms with E-state index in [1.54, 1.807) is 0 Å². The number of hydrogen-bond donors (Lipinski definition) is 1. The summed E-state index contributed by atoms with van der Waals surface area (Å²) >= 11 is 0. The van der Waals surface area contributed by atoms with E-state index in [2.05, 4.69) is 34.9 Å². The molecule has 0 saturated heterocycles. The molecule has 0 aliphatic heterocycles. The summed E-state index contributed by atoms with van der Waals surface area (Å²) in [6.07, 6.45) is 12.8. The third kappa shape index (κ3) is 6.20. The topological polar surface area (TPSA) is 29.9 Å². The van der Waals surface area contributed by atoms with Gasteiger partial charge in [0.15, 0.2) is 0 Å². The van der Waals surface area contributed by atoms with Gasteiger partial charge in [0.1, 0.15) is 5.82 Å². The average molecular weight is 251 g/mol. The summed E-state index contributed by atoms with van der Waals surface area (Å²) in [6, 6.07) is 0. The summed E-state index contributed by atoms with van der Waals surface area (Å²) < 4.78 is 2.32. The van der Waals surface area contributed by atoms with E-state index in [-0.39, 0.29) is 0 Å². The van der Waals surface area contributed by atoms with E-state index in [1.807, 2.05) is 6.20 Å². The molecule has 1 heterocycles. The quantitative estimate of drug-likeness (QED) is 0.611. The lowest BCUT2D eigenvalue weighted by molar-refractivity contribution is 0.539. The van der Waals surface area contributed by atoms with Crippen molar-refractivity contribution in [2.75, 3.05) is 13.1 Å². The van der Waals surface area contributed by atoms with E-state index < -0.39 is 0 Å². The first kappa shape index (κ1) is 15.2. The van der Waals surface area contributed by atoms with Crippen molar-refractivity contribution in [3.05, 3.63) is 18.2 Å². The van der Waals surface area contributed by atoms with Crippen molar-refractivity contribution in [3.8, 4) is 0 Å². The van der Waals surface area contributed by atoms with E-state index in [9.17, 15) is 0 Å². The number of aryl methyl sites for hydroxylation is 2. The van der Waals surface area contributed by atoms with Crippen LogP contribution in [0.25, 0.3) is 0 Å². The van der Waals surface area contributed by atoms with Crippen molar-refractivity contribution in [2.45, 2.75) is 65.3 Å². The van der Waals surface area contributed by atoms with Gasteiger partial charge >= 0.3 is 0 Å². The molecule has 0 unspecified atom stereocenters. The van der Waals surface area contributed by atoms with Gasteiger partial charge in [0, 0.05) is 25.4 Å². The number of imidazole rings is 1. The number of unbranched alkanes of at least 4 members (excludes halogenated alkanes) is 3. The Kier molecular flexibility index (Phi) is 8.57. The van der Waals surface area contributed by atoms with E-state index in [0.29, 0.717) is 0 Å². The molecule has 1 N–H and O–H groups in total. The Bertz CT molecular complexity index is 294. The van der Waals surface area contributed by atoms with E-state index in [4.69, 9.17) is 0 Å². The van der Waals surface area contributed by atoms with Gasteiger partial charge in [0.25, 0.3) is 0 Å². The van der Waals surface area contributed by atoms with E-state index in [0.717, 1.165) is 19.5 Å². The molecule has 0 saturated carbocycles. The van der Waals surface area contributed by atoms with Crippen LogP contribution in [-0.4, -0.2) is 22.6 Å². The monoisotopic (exact) mass is 251 g/mol. The molecule has 18 heavy (non-hydrogen) atoms. The molecule has 0 atom stereocenters. The van der Waals surface area contributed by atoms with Crippen molar-refractivity contribution in [1.29, 1.82) is 0 Å². The first-order valence-corrected chi connectivity index (χ1v) is 7.59. The highest BCUT2D eigenvalue weighted by Gasteiger charge is 2.00. The zero-order chi connectivity index (χ0) is 13.1. The highest BCUT2D eigenvalue weighted by Crippen LogP contribution is 2.06. The average Bonchev–Trinajstić information content (AvgIpc) is 2.81. The largest absolute Gasteiger partial charge is 0.335 e. The predicted molar refractivity (Wildman–Crippen MR) is 77.9 cm³/mol. The zero-order valence-electron chi connectivity index (χ0n) is 12.1. The molecule has 1 aromatic heterocycles. The summed E-state index contributed by atoms with van der Waals surface area (Å²) in [7, 11) is 0. The molecule has 0 aliphatic carbocycles. The second kappa shape index (κ2) is 10.1. The first-order valence-electron chi connectivity index (χ1n) is 7.59. The van der Waals surface area contributed by atoms with Crippen molar-refractivity contribution in [2.24, 2.45) is 0 Å². The molecule has 0 fully saturated rings. The smallest absolute Gasteiger partial charge is 0.108 e. The Morgan fingerprint density at radius 3 is 2.67 bits per heavy atom. The minimum absolute atomic E-state index is 1.11. The van der Waals surface area contributed by atoms with Gasteiger partial charge in [0.2, 0.25) is 0 Å². The highest BCUT2D eigenvalue weighted by molar-refractivity contribution is 4.92. The Labute approximate surface area is 112 Å². The number of aromatic nitrogens is 2. The van der Waals surface area contributed by atoms with Gasteiger partial charge in [-0.2, -0.15) is 0 Å². The fourth-order valence-electron chi connectivity index (χ4n) is 2.18. The van der Waals surface area contributed by atoms with Crippen LogP contribution in [0.5, 0.6) is 0 Å². The zero-order valence-corrected chi connectivity index (χ0v) is 12.1. The number of hydrogen-bond acceptors (Lipinski definition) is 2. The molecule has 3 nitrogen and oxygen atoms in total. The maximum absolute atomic E-state index is 4.41. The van der Waals surface area contributed by atoms with Gasteiger partial charge in [-0.3, -0.25) is 0 Å². The molecule has 0 spiro atoms. The minimum atomic E-state index is 1.11. The summed E-state index contributed by atoms with van der Waals surface area (Å²) in [5.74, 6) is 1.25. The highest BCUT2D eigenvalue weighted by atomic mass is 15.1. The molecule has 104 valence electrons. The van der Waals surface area contributed by atoms with Crippen molar-refractivity contribution in [3.63, 3.8) is 0 Å². The van der Waals surface area contributed by atoms with Gasteiger partial charge in [0.05, 0.1) is 0 Å². The van der Waals surface area contributed by atoms with E-state index in [1.165, 1.54) is 50.9 Å². The third-order valence-electron chi connectivity index (χ3n) is 3.20. The molecular formula is C15H29N3. The van der Waals surface area contributed by atoms with Crippen LogP contribution in [0, 0.1) is 0 Å². The normalized spacial score (nSPS) is 11.0. The molecule has 0 aromatic carbocycles. The first-order chi connectivity index (χ1) is 8.88. The van der Waals surface area contributed by atoms with Crippen LogP contribution in [-0.2, 0) is 13.0 Å². The summed E-state index contributed by atoms with van der Waals surface area (Å²) in [6.45, 7) is 7.90. The molecular weight excluding hydrogens is 222 g/mol. The Morgan fingerprint density at radius 2 is 1.89 bits per heavy atom.